The summed E-state index contributed by atoms with van der Waals surface area (Å²) in [6, 6.07) is 2.41. The fourth-order valence-corrected chi connectivity index (χ4v) is 5.40. The fraction of sp³-hybridized carbons (Fsp3) is 0.450. The number of nitrogens with one attached hydrogen (secondary N) is 1. The molecule has 2 amide bonds. The highest BCUT2D eigenvalue weighted by Gasteiger charge is 2.53. The van der Waals surface area contributed by atoms with Crippen LogP contribution in [-0.2, 0) is 18.2 Å². The Labute approximate surface area is 182 Å². The lowest BCUT2D eigenvalue weighted by Crippen LogP contribution is -2.51. The molecule has 0 bridgehead atoms. The van der Waals surface area contributed by atoms with Crippen LogP contribution in [0.5, 0.6) is 0 Å². The Morgan fingerprint density at radius 3 is 2.73 bits per heavy atom. The molecule has 3 aliphatic rings. The molecule has 1 saturated carbocycles. The van der Waals surface area contributed by atoms with Gasteiger partial charge in [-0.3, -0.25) is 9.48 Å². The van der Waals surface area contributed by atoms with E-state index in [9.17, 15) is 14.0 Å². The molecule has 1 aromatic heterocycles. The predicted molar refractivity (Wildman–Crippen MR) is 107 cm³/mol. The van der Waals surface area contributed by atoms with Crippen molar-refractivity contribution < 1.29 is 18.7 Å². The number of carbonyl (C=O) groups is 2. The molecule has 1 saturated heterocycles. The molecule has 3 heterocycles. The van der Waals surface area contributed by atoms with Crippen molar-refractivity contribution >= 4 is 35.2 Å². The van der Waals surface area contributed by atoms with Gasteiger partial charge in [0.2, 0.25) is 0 Å². The van der Waals surface area contributed by atoms with Crippen LogP contribution in [0.1, 0.15) is 40.5 Å². The number of fused-ring (bicyclic) bond motifs is 1. The first kappa shape index (κ1) is 19.6. The number of carbonyl (C=O) groups excluding carboxylic acids is 2. The predicted octanol–water partition coefficient (Wildman–Crippen LogP) is 3.49. The molecular formula is C20H19Cl2FN4O3. The van der Waals surface area contributed by atoms with E-state index in [1.807, 2.05) is 0 Å². The van der Waals surface area contributed by atoms with Gasteiger partial charge in [-0.25, -0.2) is 9.18 Å². The number of aromatic nitrogens is 2. The molecule has 1 spiro atoms. The molecule has 1 unspecified atom stereocenters. The lowest BCUT2D eigenvalue weighted by atomic mass is 9.70. The standard InChI is InChI=1S/C20H19Cl2FN4O3/c1-26-16(13(22)7-25-26)4-15-12-2-11(21)3-14(23)17(12)18(28)27(15)8-10-5-20(6-10)9-24-19(29)30-20/h2-3,7,10,15H,4-6,8-9H2,1H3,(H,24,29). The lowest BCUT2D eigenvalue weighted by molar-refractivity contribution is -0.0555. The van der Waals surface area contributed by atoms with Gasteiger partial charge in [0.25, 0.3) is 5.91 Å². The number of nitrogens with zero attached hydrogens (tertiary/aromatic N) is 3. The molecule has 1 atom stereocenters. The van der Waals surface area contributed by atoms with Crippen LogP contribution in [0.25, 0.3) is 0 Å². The highest BCUT2D eigenvalue weighted by molar-refractivity contribution is 6.31. The highest BCUT2D eigenvalue weighted by Crippen LogP contribution is 2.46. The number of amides is 2. The third-order valence-corrected chi connectivity index (χ3v) is 6.87. The number of halogens is 3. The number of alkyl carbamates (subject to hydrolysis) is 1. The van der Waals surface area contributed by atoms with E-state index in [2.05, 4.69) is 10.4 Å². The minimum absolute atomic E-state index is 0.0608. The van der Waals surface area contributed by atoms with Crippen LogP contribution in [0.3, 0.4) is 0 Å². The van der Waals surface area contributed by atoms with Crippen LogP contribution in [0.4, 0.5) is 9.18 Å². The molecule has 0 radical (unpaired) electrons. The molecule has 1 aromatic carbocycles. The number of benzene rings is 1. The first-order chi connectivity index (χ1) is 14.3. The Kier molecular flexibility index (Phi) is 4.48. The summed E-state index contributed by atoms with van der Waals surface area (Å²) in [5.74, 6) is -0.825. The Morgan fingerprint density at radius 2 is 2.10 bits per heavy atom. The van der Waals surface area contributed by atoms with Gasteiger partial charge in [-0.2, -0.15) is 5.10 Å². The topological polar surface area (TPSA) is 76.5 Å². The quantitative estimate of drug-likeness (QED) is 0.769. The van der Waals surface area contributed by atoms with E-state index in [1.165, 1.54) is 0 Å². The Morgan fingerprint density at radius 1 is 1.33 bits per heavy atom. The van der Waals surface area contributed by atoms with E-state index in [0.29, 0.717) is 42.9 Å². The van der Waals surface area contributed by atoms with Crippen LogP contribution in [0, 0.1) is 11.7 Å². The summed E-state index contributed by atoms with van der Waals surface area (Å²) in [6.07, 6.45) is 2.86. The molecule has 10 heteroatoms. The van der Waals surface area contributed by atoms with Gasteiger partial charge in [-0.1, -0.05) is 23.2 Å². The molecular weight excluding hydrogens is 434 g/mol. The third kappa shape index (κ3) is 3.04. The first-order valence-electron chi connectivity index (χ1n) is 9.69. The SMILES string of the molecule is Cn1ncc(Cl)c1CC1c2cc(Cl)cc(F)c2C(=O)N1CC1CC2(CNC(=O)O2)C1. The first-order valence-corrected chi connectivity index (χ1v) is 10.4. The summed E-state index contributed by atoms with van der Waals surface area (Å²) in [4.78, 5) is 26.3. The van der Waals surface area contributed by atoms with E-state index in [1.54, 1.807) is 28.9 Å². The molecule has 158 valence electrons. The fourth-order valence-electron chi connectivity index (χ4n) is 4.94. The number of hydrogen-bond donors (Lipinski definition) is 1. The van der Waals surface area contributed by atoms with Gasteiger partial charge in [0, 0.05) is 25.0 Å². The van der Waals surface area contributed by atoms with Gasteiger partial charge < -0.3 is 15.0 Å². The van der Waals surface area contributed by atoms with Crippen molar-refractivity contribution in [2.75, 3.05) is 13.1 Å². The van der Waals surface area contributed by atoms with Crippen molar-refractivity contribution in [3.05, 3.63) is 51.0 Å². The normalized spacial score (nSPS) is 27.3. The molecule has 2 aromatic rings. The second kappa shape index (κ2) is 6.85. The maximum atomic E-state index is 14.7. The molecule has 2 aliphatic heterocycles. The smallest absolute Gasteiger partial charge is 0.407 e. The number of hydrogen-bond acceptors (Lipinski definition) is 4. The van der Waals surface area contributed by atoms with Crippen molar-refractivity contribution in [1.29, 1.82) is 0 Å². The largest absolute Gasteiger partial charge is 0.441 e. The lowest BCUT2D eigenvalue weighted by Gasteiger charge is -2.44. The average molecular weight is 453 g/mol. The molecule has 5 rings (SSSR count). The average Bonchev–Trinajstić information content (AvgIpc) is 3.27. The third-order valence-electron chi connectivity index (χ3n) is 6.33. The van der Waals surface area contributed by atoms with E-state index < -0.39 is 23.6 Å². The van der Waals surface area contributed by atoms with Crippen molar-refractivity contribution in [3.8, 4) is 0 Å². The summed E-state index contributed by atoms with van der Waals surface area (Å²) >= 11 is 12.4. The van der Waals surface area contributed by atoms with Gasteiger partial charge in [0.1, 0.15) is 11.4 Å². The van der Waals surface area contributed by atoms with Crippen LogP contribution in [-0.4, -0.2) is 45.4 Å². The summed E-state index contributed by atoms with van der Waals surface area (Å²) in [5.41, 5.74) is 0.898. The van der Waals surface area contributed by atoms with Gasteiger partial charge in [-0.15, -0.1) is 0 Å². The van der Waals surface area contributed by atoms with Gasteiger partial charge in [-0.05, 0) is 36.5 Å². The summed E-state index contributed by atoms with van der Waals surface area (Å²) < 4.78 is 21.7. The highest BCUT2D eigenvalue weighted by atomic mass is 35.5. The summed E-state index contributed by atoms with van der Waals surface area (Å²) in [5, 5.41) is 7.58. The van der Waals surface area contributed by atoms with Crippen LogP contribution in [0.15, 0.2) is 18.3 Å². The van der Waals surface area contributed by atoms with Crippen molar-refractivity contribution in [2.24, 2.45) is 13.0 Å². The minimum Gasteiger partial charge on any atom is -0.441 e. The van der Waals surface area contributed by atoms with Crippen molar-refractivity contribution in [1.82, 2.24) is 20.0 Å². The second-order valence-corrected chi connectivity index (χ2v) is 9.14. The number of ether oxygens (including phenoxy) is 1. The van der Waals surface area contributed by atoms with Gasteiger partial charge in [0.05, 0.1) is 35.1 Å². The van der Waals surface area contributed by atoms with Crippen LogP contribution >= 0.6 is 23.2 Å². The van der Waals surface area contributed by atoms with Gasteiger partial charge in [0.15, 0.2) is 0 Å². The Balaban J connectivity index is 1.44. The zero-order valence-electron chi connectivity index (χ0n) is 16.1. The zero-order valence-corrected chi connectivity index (χ0v) is 17.6. The molecule has 30 heavy (non-hydrogen) atoms. The van der Waals surface area contributed by atoms with Crippen molar-refractivity contribution in [3.63, 3.8) is 0 Å². The monoisotopic (exact) mass is 452 g/mol. The zero-order chi connectivity index (χ0) is 21.2. The van der Waals surface area contributed by atoms with Gasteiger partial charge >= 0.3 is 6.09 Å². The van der Waals surface area contributed by atoms with E-state index in [-0.39, 0.29) is 22.4 Å². The van der Waals surface area contributed by atoms with E-state index >= 15 is 0 Å². The summed E-state index contributed by atoms with van der Waals surface area (Å²) in [6.45, 7) is 0.915. The Hall–Kier alpha value is -2.32. The number of aryl methyl sites for hydroxylation is 1. The summed E-state index contributed by atoms with van der Waals surface area (Å²) in [7, 11) is 1.78. The van der Waals surface area contributed by atoms with Crippen LogP contribution < -0.4 is 5.32 Å². The molecule has 1 aliphatic carbocycles. The minimum atomic E-state index is -0.620. The maximum Gasteiger partial charge on any atom is 0.407 e. The number of rotatable bonds is 4. The molecule has 7 nitrogen and oxygen atoms in total. The van der Waals surface area contributed by atoms with E-state index in [0.717, 1.165) is 11.8 Å². The second-order valence-electron chi connectivity index (χ2n) is 8.29. The molecule has 1 N–H and O–H groups in total. The molecule has 2 fully saturated rings. The van der Waals surface area contributed by atoms with Crippen LogP contribution in [0.2, 0.25) is 10.0 Å². The maximum absolute atomic E-state index is 14.7. The Bertz CT molecular complexity index is 1050. The van der Waals surface area contributed by atoms with E-state index in [4.69, 9.17) is 27.9 Å². The van der Waals surface area contributed by atoms with Crippen molar-refractivity contribution in [2.45, 2.75) is 30.9 Å².